The van der Waals surface area contributed by atoms with Crippen LogP contribution in [0, 0.1) is 6.92 Å². The van der Waals surface area contributed by atoms with E-state index >= 15 is 0 Å². The average Bonchev–Trinajstić information content (AvgIpc) is 2.86. The maximum absolute atomic E-state index is 11.9. The maximum Gasteiger partial charge on any atom is 0.226 e. The van der Waals surface area contributed by atoms with Crippen molar-refractivity contribution in [2.24, 2.45) is 5.73 Å². The Morgan fingerprint density at radius 2 is 2.05 bits per heavy atom. The van der Waals surface area contributed by atoms with Gasteiger partial charge >= 0.3 is 0 Å². The minimum Gasteiger partial charge on any atom is -0.356 e. The second-order valence-corrected chi connectivity index (χ2v) is 4.89. The minimum absolute atomic E-state index is 0.0322. The maximum atomic E-state index is 11.9. The summed E-state index contributed by atoms with van der Waals surface area (Å²) in [5, 5.41) is 11.1. The fourth-order valence-electron chi connectivity index (χ4n) is 2.05. The van der Waals surface area contributed by atoms with E-state index in [0.717, 1.165) is 24.2 Å². The Morgan fingerprint density at radius 1 is 1.29 bits per heavy atom. The molecule has 0 unspecified atom stereocenters. The molecule has 1 amide bonds. The van der Waals surface area contributed by atoms with Crippen LogP contribution in [0.2, 0.25) is 0 Å². The number of nitrogens with two attached hydrogens (primary N) is 1. The van der Waals surface area contributed by atoms with Crippen LogP contribution >= 0.6 is 0 Å². The first-order valence-corrected chi connectivity index (χ1v) is 7.15. The normalized spacial score (nSPS) is 10.6. The number of nitrogens with one attached hydrogen (secondary N) is 1. The Bertz CT molecular complexity index is 579. The van der Waals surface area contributed by atoms with Crippen molar-refractivity contribution in [3.63, 3.8) is 0 Å². The Morgan fingerprint density at radius 3 is 2.76 bits per heavy atom. The van der Waals surface area contributed by atoms with Crippen molar-refractivity contribution < 1.29 is 4.79 Å². The number of nitrogens with zero attached hydrogens (tertiary/aromatic N) is 3. The minimum atomic E-state index is -0.0322. The van der Waals surface area contributed by atoms with E-state index in [1.807, 2.05) is 37.3 Å². The molecule has 2 aromatic rings. The highest BCUT2D eigenvalue weighted by atomic mass is 16.1. The fourth-order valence-corrected chi connectivity index (χ4v) is 2.05. The summed E-state index contributed by atoms with van der Waals surface area (Å²) in [6, 6.07) is 9.75. The van der Waals surface area contributed by atoms with Gasteiger partial charge in [-0.1, -0.05) is 23.4 Å². The Labute approximate surface area is 124 Å². The fraction of sp³-hybridized carbons (Fsp3) is 0.400. The van der Waals surface area contributed by atoms with Crippen molar-refractivity contribution in [1.82, 2.24) is 20.3 Å². The third-order valence-corrected chi connectivity index (χ3v) is 3.27. The number of para-hydroxylation sites is 1. The number of carbonyl (C=O) groups is 1. The molecule has 1 aromatic carbocycles. The van der Waals surface area contributed by atoms with Gasteiger partial charge < -0.3 is 11.1 Å². The highest BCUT2D eigenvalue weighted by Crippen LogP contribution is 2.11. The summed E-state index contributed by atoms with van der Waals surface area (Å²) < 4.78 is 1.75. The number of benzene rings is 1. The number of rotatable bonds is 7. The lowest BCUT2D eigenvalue weighted by molar-refractivity contribution is -0.120. The molecule has 0 spiro atoms. The molecular formula is C15H21N5O. The number of carbonyl (C=O) groups excluding carboxylic acids is 1. The predicted octanol–water partition coefficient (Wildman–Crippen LogP) is 0.973. The summed E-state index contributed by atoms with van der Waals surface area (Å²) in [6.07, 6.45) is 2.07. The smallest absolute Gasteiger partial charge is 0.226 e. The van der Waals surface area contributed by atoms with Crippen LogP contribution in [0.25, 0.3) is 5.69 Å². The highest BCUT2D eigenvalue weighted by Gasteiger charge is 2.13. The van der Waals surface area contributed by atoms with Crippen LogP contribution in [0.15, 0.2) is 30.3 Å². The van der Waals surface area contributed by atoms with E-state index in [-0.39, 0.29) is 12.3 Å². The molecule has 0 fully saturated rings. The van der Waals surface area contributed by atoms with Crippen molar-refractivity contribution in [3.8, 4) is 5.69 Å². The van der Waals surface area contributed by atoms with Gasteiger partial charge in [0.05, 0.1) is 23.5 Å². The second kappa shape index (κ2) is 7.54. The van der Waals surface area contributed by atoms with Crippen molar-refractivity contribution in [1.29, 1.82) is 0 Å². The van der Waals surface area contributed by atoms with E-state index < -0.39 is 0 Å². The van der Waals surface area contributed by atoms with Gasteiger partial charge in [0.1, 0.15) is 0 Å². The first kappa shape index (κ1) is 15.2. The number of amides is 1. The first-order chi connectivity index (χ1) is 10.2. The Balaban J connectivity index is 1.96. The van der Waals surface area contributed by atoms with Gasteiger partial charge in [0.2, 0.25) is 5.91 Å². The van der Waals surface area contributed by atoms with E-state index in [9.17, 15) is 4.79 Å². The third-order valence-electron chi connectivity index (χ3n) is 3.27. The van der Waals surface area contributed by atoms with Gasteiger partial charge in [0.15, 0.2) is 0 Å². The molecule has 0 saturated heterocycles. The monoisotopic (exact) mass is 287 g/mol. The molecule has 1 aromatic heterocycles. The summed E-state index contributed by atoms with van der Waals surface area (Å²) >= 11 is 0. The molecule has 3 N–H and O–H groups in total. The lowest BCUT2D eigenvalue weighted by Crippen LogP contribution is -2.26. The van der Waals surface area contributed by atoms with Crippen molar-refractivity contribution in [2.75, 3.05) is 13.1 Å². The molecule has 0 radical (unpaired) electrons. The summed E-state index contributed by atoms with van der Waals surface area (Å²) in [6.45, 7) is 3.23. The van der Waals surface area contributed by atoms with Crippen LogP contribution in [0.4, 0.5) is 0 Å². The molecule has 0 aliphatic heterocycles. The molecule has 0 atom stereocenters. The van der Waals surface area contributed by atoms with E-state index in [1.165, 1.54) is 0 Å². The van der Waals surface area contributed by atoms with Gasteiger partial charge in [-0.25, -0.2) is 4.68 Å². The van der Waals surface area contributed by atoms with Gasteiger partial charge in [-0.15, -0.1) is 5.10 Å². The van der Waals surface area contributed by atoms with E-state index in [4.69, 9.17) is 5.73 Å². The van der Waals surface area contributed by atoms with E-state index in [1.54, 1.807) is 4.68 Å². The largest absolute Gasteiger partial charge is 0.356 e. The first-order valence-electron chi connectivity index (χ1n) is 7.15. The standard InChI is InChI=1S/C15H21N5O/c1-12-14(11-15(21)17-10-6-5-9-16)18-19-20(12)13-7-3-2-4-8-13/h2-4,7-8H,5-6,9-11,16H2,1H3,(H,17,21). The van der Waals surface area contributed by atoms with Gasteiger partial charge in [0.25, 0.3) is 0 Å². The summed E-state index contributed by atoms with van der Waals surface area (Å²) in [7, 11) is 0. The number of hydrogen-bond donors (Lipinski definition) is 2. The molecule has 0 aliphatic rings. The zero-order valence-electron chi connectivity index (χ0n) is 12.2. The number of unbranched alkanes of at least 4 members (excludes halogenated alkanes) is 1. The van der Waals surface area contributed by atoms with Crippen molar-refractivity contribution in [3.05, 3.63) is 41.7 Å². The van der Waals surface area contributed by atoms with Crippen LogP contribution in [-0.4, -0.2) is 34.0 Å². The quantitative estimate of drug-likeness (QED) is 0.743. The topological polar surface area (TPSA) is 85.8 Å². The highest BCUT2D eigenvalue weighted by molar-refractivity contribution is 5.78. The lowest BCUT2D eigenvalue weighted by Gasteiger charge is -2.05. The van der Waals surface area contributed by atoms with Crippen LogP contribution in [0.5, 0.6) is 0 Å². The van der Waals surface area contributed by atoms with Gasteiger partial charge in [0, 0.05) is 6.54 Å². The van der Waals surface area contributed by atoms with Crippen molar-refractivity contribution >= 4 is 5.91 Å². The zero-order chi connectivity index (χ0) is 15.1. The van der Waals surface area contributed by atoms with Crippen LogP contribution < -0.4 is 11.1 Å². The molecule has 0 aliphatic carbocycles. The average molecular weight is 287 g/mol. The van der Waals surface area contributed by atoms with E-state index in [0.29, 0.717) is 18.8 Å². The molecule has 21 heavy (non-hydrogen) atoms. The van der Waals surface area contributed by atoms with Gasteiger partial charge in [-0.05, 0) is 38.4 Å². The molecule has 0 saturated carbocycles. The molecule has 6 nitrogen and oxygen atoms in total. The SMILES string of the molecule is Cc1c(CC(=O)NCCCCN)nnn1-c1ccccc1. The summed E-state index contributed by atoms with van der Waals surface area (Å²) in [5.41, 5.74) is 7.95. The third kappa shape index (κ3) is 4.13. The van der Waals surface area contributed by atoms with Crippen LogP contribution in [0.1, 0.15) is 24.2 Å². The number of aromatic nitrogens is 3. The van der Waals surface area contributed by atoms with Crippen molar-refractivity contribution in [2.45, 2.75) is 26.2 Å². The summed E-state index contributed by atoms with van der Waals surface area (Å²) in [5.74, 6) is -0.0322. The number of hydrogen-bond acceptors (Lipinski definition) is 4. The molecule has 1 heterocycles. The molecular weight excluding hydrogens is 266 g/mol. The van der Waals surface area contributed by atoms with Crippen LogP contribution in [0.3, 0.4) is 0 Å². The molecule has 6 heteroatoms. The molecule has 112 valence electrons. The van der Waals surface area contributed by atoms with Gasteiger partial charge in [-0.2, -0.15) is 0 Å². The zero-order valence-corrected chi connectivity index (χ0v) is 12.2. The predicted molar refractivity (Wildman–Crippen MR) is 81.1 cm³/mol. The van der Waals surface area contributed by atoms with E-state index in [2.05, 4.69) is 15.6 Å². The molecule has 2 rings (SSSR count). The summed E-state index contributed by atoms with van der Waals surface area (Å²) in [4.78, 5) is 11.9. The van der Waals surface area contributed by atoms with Gasteiger partial charge in [-0.3, -0.25) is 4.79 Å². The lowest BCUT2D eigenvalue weighted by atomic mass is 10.2. The van der Waals surface area contributed by atoms with Crippen LogP contribution in [-0.2, 0) is 11.2 Å². The molecule has 0 bridgehead atoms. The second-order valence-electron chi connectivity index (χ2n) is 4.89. The Hall–Kier alpha value is -2.21. The Kier molecular flexibility index (Phi) is 5.45.